The Morgan fingerprint density at radius 2 is 2.24 bits per heavy atom. The molecule has 0 saturated carbocycles. The van der Waals surface area contributed by atoms with Crippen molar-refractivity contribution in [2.75, 3.05) is 24.3 Å². The molecule has 3 heterocycles. The van der Waals surface area contributed by atoms with Crippen molar-refractivity contribution < 1.29 is 0 Å². The Morgan fingerprint density at radius 1 is 1.33 bits per heavy atom. The average Bonchev–Trinajstić information content (AvgIpc) is 3.20. The molecule has 0 aliphatic carbocycles. The van der Waals surface area contributed by atoms with Gasteiger partial charge in [0.05, 0.1) is 17.7 Å². The second-order valence-electron chi connectivity index (χ2n) is 4.31. The first-order chi connectivity index (χ1) is 10.3. The van der Waals surface area contributed by atoms with Gasteiger partial charge in [0.1, 0.15) is 6.33 Å². The van der Waals surface area contributed by atoms with Crippen molar-refractivity contribution in [3.8, 4) is 5.95 Å². The summed E-state index contributed by atoms with van der Waals surface area (Å²) < 4.78 is 1.74. The molecule has 0 aliphatic rings. The number of hydrogen-bond acceptors (Lipinski definition) is 8. The van der Waals surface area contributed by atoms with E-state index in [0.717, 1.165) is 5.69 Å². The lowest BCUT2D eigenvalue weighted by molar-refractivity contribution is 0.814. The van der Waals surface area contributed by atoms with E-state index in [4.69, 9.17) is 0 Å². The Labute approximate surface area is 125 Å². The minimum atomic E-state index is 0.508. The summed E-state index contributed by atoms with van der Waals surface area (Å²) in [5.41, 5.74) is 2.80. The predicted molar refractivity (Wildman–Crippen MR) is 80.7 cm³/mol. The lowest BCUT2D eigenvalue weighted by Crippen LogP contribution is -2.21. The molecule has 0 amide bonds. The van der Waals surface area contributed by atoms with Crippen molar-refractivity contribution in [3.63, 3.8) is 0 Å². The van der Waals surface area contributed by atoms with Gasteiger partial charge in [-0.1, -0.05) is 0 Å². The third-order valence-electron chi connectivity index (χ3n) is 2.79. The molecule has 3 rings (SSSR count). The molecule has 0 unspecified atom stereocenters. The van der Waals surface area contributed by atoms with Crippen LogP contribution in [-0.2, 0) is 6.54 Å². The molecule has 0 aromatic carbocycles. The maximum absolute atomic E-state index is 4.47. The van der Waals surface area contributed by atoms with E-state index in [1.54, 1.807) is 41.7 Å². The molecule has 0 saturated heterocycles. The fourth-order valence-electron chi connectivity index (χ4n) is 1.76. The number of nitrogens with zero attached hydrogens (tertiary/aromatic N) is 7. The number of nitrogens with one attached hydrogen (secondary N) is 1. The zero-order valence-electron chi connectivity index (χ0n) is 11.6. The Balaban J connectivity index is 1.92. The fourth-order valence-corrected chi connectivity index (χ4v) is 2.31. The largest absolute Gasteiger partial charge is 0.357 e. The summed E-state index contributed by atoms with van der Waals surface area (Å²) in [4.78, 5) is 23.4. The van der Waals surface area contributed by atoms with Crippen LogP contribution < -0.4 is 10.2 Å². The first-order valence-corrected chi connectivity index (χ1v) is 7.21. The van der Waals surface area contributed by atoms with E-state index in [1.807, 2.05) is 22.8 Å². The lowest BCUT2D eigenvalue weighted by Gasteiger charge is -2.17. The molecule has 3 aromatic rings. The minimum Gasteiger partial charge on any atom is -0.357 e. The minimum absolute atomic E-state index is 0.508. The number of thiazole rings is 1. The second kappa shape index (κ2) is 5.83. The van der Waals surface area contributed by atoms with Gasteiger partial charge < -0.3 is 10.2 Å². The van der Waals surface area contributed by atoms with Crippen LogP contribution in [0.3, 0.4) is 0 Å². The van der Waals surface area contributed by atoms with Gasteiger partial charge in [-0.25, -0.2) is 9.97 Å². The van der Waals surface area contributed by atoms with Gasteiger partial charge in [-0.2, -0.15) is 15.0 Å². The van der Waals surface area contributed by atoms with Gasteiger partial charge in [0.25, 0.3) is 0 Å². The number of hydrogen-bond donors (Lipinski definition) is 1. The van der Waals surface area contributed by atoms with Gasteiger partial charge in [0.15, 0.2) is 0 Å². The van der Waals surface area contributed by atoms with Crippen molar-refractivity contribution in [1.82, 2.24) is 29.5 Å². The monoisotopic (exact) mass is 302 g/mol. The van der Waals surface area contributed by atoms with Crippen LogP contribution in [-0.4, -0.2) is 43.6 Å². The van der Waals surface area contributed by atoms with Crippen molar-refractivity contribution in [2.24, 2.45) is 0 Å². The van der Waals surface area contributed by atoms with Gasteiger partial charge in [0.2, 0.25) is 17.8 Å². The maximum atomic E-state index is 4.47. The van der Waals surface area contributed by atoms with E-state index in [-0.39, 0.29) is 0 Å². The molecule has 0 radical (unpaired) electrons. The van der Waals surface area contributed by atoms with Crippen LogP contribution in [0.15, 0.2) is 29.6 Å². The van der Waals surface area contributed by atoms with Crippen LogP contribution in [0.1, 0.15) is 5.69 Å². The molecule has 108 valence electrons. The summed E-state index contributed by atoms with van der Waals surface area (Å²) in [6.45, 7) is 0.639. The number of imidazole rings is 1. The normalized spacial score (nSPS) is 10.6. The highest BCUT2D eigenvalue weighted by molar-refractivity contribution is 7.07. The summed E-state index contributed by atoms with van der Waals surface area (Å²) in [7, 11) is 3.70. The van der Waals surface area contributed by atoms with Gasteiger partial charge in [0, 0.05) is 31.9 Å². The van der Waals surface area contributed by atoms with Crippen LogP contribution >= 0.6 is 11.3 Å². The number of aromatic nitrogens is 6. The van der Waals surface area contributed by atoms with Crippen LogP contribution in [0.25, 0.3) is 5.95 Å². The fraction of sp³-hybridized carbons (Fsp3) is 0.250. The highest BCUT2D eigenvalue weighted by Gasteiger charge is 2.12. The molecule has 1 N–H and O–H groups in total. The molecular weight excluding hydrogens is 288 g/mol. The number of anilines is 2. The van der Waals surface area contributed by atoms with E-state index >= 15 is 0 Å². The van der Waals surface area contributed by atoms with Gasteiger partial charge in [-0.05, 0) is 0 Å². The van der Waals surface area contributed by atoms with Crippen LogP contribution in [0.2, 0.25) is 0 Å². The molecule has 0 spiro atoms. The highest BCUT2D eigenvalue weighted by Crippen LogP contribution is 2.14. The molecule has 0 aliphatic heterocycles. The van der Waals surface area contributed by atoms with Crippen molar-refractivity contribution in [2.45, 2.75) is 6.54 Å². The van der Waals surface area contributed by atoms with E-state index in [1.165, 1.54) is 0 Å². The van der Waals surface area contributed by atoms with Crippen molar-refractivity contribution in [3.05, 3.63) is 35.3 Å². The second-order valence-corrected chi connectivity index (χ2v) is 5.03. The summed E-state index contributed by atoms with van der Waals surface area (Å²) in [5.74, 6) is 1.60. The lowest BCUT2D eigenvalue weighted by atomic mass is 10.4. The Morgan fingerprint density at radius 3 is 2.90 bits per heavy atom. The molecule has 3 aromatic heterocycles. The summed E-state index contributed by atoms with van der Waals surface area (Å²) in [6.07, 6.45) is 5.12. The SMILES string of the molecule is CNc1nc(N(C)Cc2cscn2)nc(-n2ccnc2)n1. The topological polar surface area (TPSA) is 84.7 Å². The Hall–Kier alpha value is -2.55. The molecule has 0 atom stereocenters. The first-order valence-electron chi connectivity index (χ1n) is 6.26. The highest BCUT2D eigenvalue weighted by atomic mass is 32.1. The van der Waals surface area contributed by atoms with E-state index in [0.29, 0.717) is 24.4 Å². The number of rotatable bonds is 5. The zero-order valence-corrected chi connectivity index (χ0v) is 12.4. The first kappa shape index (κ1) is 13.4. The standard InChI is InChI=1S/C12H14N8S/c1-13-10-16-11(19(2)5-9-6-21-8-15-9)18-12(17-10)20-4-3-14-7-20/h3-4,6-8H,5H2,1-2H3,(H,13,16,17,18). The quantitative estimate of drug-likeness (QED) is 0.757. The third-order valence-corrected chi connectivity index (χ3v) is 3.43. The van der Waals surface area contributed by atoms with Crippen LogP contribution in [0, 0.1) is 0 Å². The molecule has 21 heavy (non-hydrogen) atoms. The average molecular weight is 302 g/mol. The van der Waals surface area contributed by atoms with Crippen LogP contribution in [0.5, 0.6) is 0 Å². The van der Waals surface area contributed by atoms with E-state index in [2.05, 4.69) is 30.2 Å². The van der Waals surface area contributed by atoms with Crippen LogP contribution in [0.4, 0.5) is 11.9 Å². The van der Waals surface area contributed by atoms with Gasteiger partial charge in [-0.15, -0.1) is 11.3 Å². The molecule has 0 fully saturated rings. The Bertz CT molecular complexity index is 694. The molecular formula is C12H14N8S. The van der Waals surface area contributed by atoms with E-state index < -0.39 is 0 Å². The van der Waals surface area contributed by atoms with E-state index in [9.17, 15) is 0 Å². The van der Waals surface area contributed by atoms with Crippen molar-refractivity contribution in [1.29, 1.82) is 0 Å². The van der Waals surface area contributed by atoms with Gasteiger partial charge in [-0.3, -0.25) is 4.57 Å². The Kier molecular flexibility index (Phi) is 3.73. The smallest absolute Gasteiger partial charge is 0.241 e. The summed E-state index contributed by atoms with van der Waals surface area (Å²) in [6, 6.07) is 0. The van der Waals surface area contributed by atoms with Gasteiger partial charge >= 0.3 is 0 Å². The van der Waals surface area contributed by atoms with Crippen molar-refractivity contribution >= 4 is 23.2 Å². The maximum Gasteiger partial charge on any atom is 0.241 e. The third kappa shape index (κ3) is 2.97. The summed E-state index contributed by atoms with van der Waals surface area (Å²) in [5, 5.41) is 4.95. The molecule has 0 bridgehead atoms. The molecule has 9 heteroatoms. The molecule has 8 nitrogen and oxygen atoms in total. The zero-order chi connectivity index (χ0) is 14.7. The predicted octanol–water partition coefficient (Wildman–Crippen LogP) is 1.19. The summed E-state index contributed by atoms with van der Waals surface area (Å²) >= 11 is 1.57.